The molecule has 2 nitrogen and oxygen atoms in total. The van der Waals surface area contributed by atoms with E-state index in [9.17, 15) is 0 Å². The van der Waals surface area contributed by atoms with E-state index in [1.165, 1.54) is 5.56 Å². The predicted octanol–water partition coefficient (Wildman–Crippen LogP) is 1.84. The molecule has 0 aliphatic heterocycles. The lowest BCUT2D eigenvalue weighted by molar-refractivity contribution is 0.962. The zero-order chi connectivity index (χ0) is 8.81. The number of benzene rings is 1. The van der Waals surface area contributed by atoms with Crippen LogP contribution < -0.4 is 10.0 Å². The highest BCUT2D eigenvalue weighted by Crippen LogP contribution is 2.07. The van der Waals surface area contributed by atoms with Crippen LogP contribution >= 0.6 is 12.8 Å². The zero-order valence-corrected chi connectivity index (χ0v) is 8.07. The molecular weight excluding hydrogens is 168 g/mol. The Morgan fingerprint density at radius 3 is 2.42 bits per heavy atom. The van der Waals surface area contributed by atoms with Crippen molar-refractivity contribution in [1.82, 2.24) is 4.72 Å². The molecule has 0 amide bonds. The summed E-state index contributed by atoms with van der Waals surface area (Å²) in [7, 11) is 0. The summed E-state index contributed by atoms with van der Waals surface area (Å²) in [5.74, 6) is 0. The van der Waals surface area contributed by atoms with Crippen LogP contribution in [-0.4, -0.2) is 13.1 Å². The molecule has 0 saturated carbocycles. The monoisotopic (exact) mass is 182 g/mol. The SMILES string of the molecule is Cc1ccc(NCCNS)cc1. The first-order chi connectivity index (χ1) is 5.83. The lowest BCUT2D eigenvalue weighted by Crippen LogP contribution is -2.13. The van der Waals surface area contributed by atoms with Gasteiger partial charge in [0.05, 0.1) is 0 Å². The Hall–Kier alpha value is -0.670. The van der Waals surface area contributed by atoms with Gasteiger partial charge in [-0.15, -0.1) is 0 Å². The Labute approximate surface area is 78.9 Å². The van der Waals surface area contributed by atoms with Gasteiger partial charge in [0.2, 0.25) is 0 Å². The van der Waals surface area contributed by atoms with Gasteiger partial charge in [0.1, 0.15) is 0 Å². The average Bonchev–Trinajstić information content (AvgIpc) is 2.09. The first-order valence-corrected chi connectivity index (χ1v) is 4.45. The summed E-state index contributed by atoms with van der Waals surface area (Å²) in [6.45, 7) is 3.84. The van der Waals surface area contributed by atoms with E-state index >= 15 is 0 Å². The molecule has 1 rings (SSSR count). The Balaban J connectivity index is 2.37. The molecule has 0 bridgehead atoms. The normalized spacial score (nSPS) is 9.83. The van der Waals surface area contributed by atoms with Crippen LogP contribution in [-0.2, 0) is 0 Å². The summed E-state index contributed by atoms with van der Waals surface area (Å²) in [5, 5.41) is 3.26. The van der Waals surface area contributed by atoms with Crippen LogP contribution in [0, 0.1) is 6.92 Å². The molecule has 0 spiro atoms. The molecule has 1 aromatic carbocycles. The summed E-state index contributed by atoms with van der Waals surface area (Å²) in [6.07, 6.45) is 0. The highest BCUT2D eigenvalue weighted by molar-refractivity contribution is 7.78. The number of thiol groups is 1. The van der Waals surface area contributed by atoms with E-state index in [0.29, 0.717) is 0 Å². The minimum absolute atomic E-state index is 0.858. The van der Waals surface area contributed by atoms with E-state index in [2.05, 4.69) is 54.0 Å². The maximum Gasteiger partial charge on any atom is 0.0340 e. The predicted molar refractivity (Wildman–Crippen MR) is 56.7 cm³/mol. The van der Waals surface area contributed by atoms with E-state index in [1.54, 1.807) is 0 Å². The van der Waals surface area contributed by atoms with E-state index in [-0.39, 0.29) is 0 Å². The molecule has 1 aromatic rings. The van der Waals surface area contributed by atoms with Gasteiger partial charge >= 0.3 is 0 Å². The smallest absolute Gasteiger partial charge is 0.0340 e. The van der Waals surface area contributed by atoms with E-state index in [4.69, 9.17) is 0 Å². The quantitative estimate of drug-likeness (QED) is 0.489. The first kappa shape index (κ1) is 9.42. The van der Waals surface area contributed by atoms with Crippen LogP contribution in [0.1, 0.15) is 5.56 Å². The standard InChI is InChI=1S/C9H14N2S/c1-8-2-4-9(5-3-8)10-6-7-11-12/h2-5,10-12H,6-7H2,1H3. The molecule has 0 aromatic heterocycles. The van der Waals surface area contributed by atoms with E-state index in [0.717, 1.165) is 18.8 Å². The number of rotatable bonds is 4. The summed E-state index contributed by atoms with van der Waals surface area (Å²) in [4.78, 5) is 0. The maximum absolute atomic E-state index is 3.89. The van der Waals surface area contributed by atoms with Crippen molar-refractivity contribution in [2.45, 2.75) is 6.92 Å². The van der Waals surface area contributed by atoms with Crippen LogP contribution in [0.4, 0.5) is 5.69 Å². The highest BCUT2D eigenvalue weighted by atomic mass is 32.1. The molecule has 2 N–H and O–H groups in total. The number of anilines is 1. The molecule has 0 aliphatic rings. The fourth-order valence-electron chi connectivity index (χ4n) is 0.934. The average molecular weight is 182 g/mol. The topological polar surface area (TPSA) is 24.1 Å². The largest absolute Gasteiger partial charge is 0.384 e. The van der Waals surface area contributed by atoms with Crippen molar-refractivity contribution in [2.75, 3.05) is 18.4 Å². The van der Waals surface area contributed by atoms with Crippen LogP contribution in [0.25, 0.3) is 0 Å². The third-order valence-corrected chi connectivity index (χ3v) is 1.84. The van der Waals surface area contributed by atoms with Gasteiger partial charge in [-0.3, -0.25) is 4.72 Å². The van der Waals surface area contributed by atoms with Crippen molar-refractivity contribution >= 4 is 18.5 Å². The second-order valence-electron chi connectivity index (χ2n) is 2.70. The number of aryl methyl sites for hydroxylation is 1. The van der Waals surface area contributed by atoms with E-state index < -0.39 is 0 Å². The van der Waals surface area contributed by atoms with Crippen molar-refractivity contribution in [3.05, 3.63) is 29.8 Å². The molecule has 0 atom stereocenters. The lowest BCUT2D eigenvalue weighted by Gasteiger charge is -2.04. The third-order valence-electron chi connectivity index (χ3n) is 1.62. The molecule has 0 saturated heterocycles. The van der Waals surface area contributed by atoms with E-state index in [1.807, 2.05) is 0 Å². The van der Waals surface area contributed by atoms with Gasteiger partial charge in [0.15, 0.2) is 0 Å². The molecule has 0 radical (unpaired) electrons. The van der Waals surface area contributed by atoms with Gasteiger partial charge in [-0.05, 0) is 19.1 Å². The lowest BCUT2D eigenvalue weighted by atomic mass is 10.2. The van der Waals surface area contributed by atoms with Crippen LogP contribution in [0.5, 0.6) is 0 Å². The van der Waals surface area contributed by atoms with Crippen molar-refractivity contribution in [3.8, 4) is 0 Å². The number of nitrogens with one attached hydrogen (secondary N) is 2. The second kappa shape index (κ2) is 5.06. The Bertz CT molecular complexity index is 220. The van der Waals surface area contributed by atoms with Gasteiger partial charge in [0, 0.05) is 18.8 Å². The van der Waals surface area contributed by atoms with Gasteiger partial charge in [-0.25, -0.2) is 0 Å². The van der Waals surface area contributed by atoms with Crippen molar-refractivity contribution in [1.29, 1.82) is 0 Å². The Morgan fingerprint density at radius 2 is 1.83 bits per heavy atom. The van der Waals surface area contributed by atoms with Crippen molar-refractivity contribution < 1.29 is 0 Å². The molecule has 0 fully saturated rings. The minimum Gasteiger partial charge on any atom is -0.384 e. The third kappa shape index (κ3) is 3.15. The summed E-state index contributed by atoms with van der Waals surface area (Å²) < 4.78 is 2.78. The molecule has 3 heteroatoms. The molecular formula is C9H14N2S. The van der Waals surface area contributed by atoms with Gasteiger partial charge < -0.3 is 5.32 Å². The number of hydrogen-bond acceptors (Lipinski definition) is 3. The van der Waals surface area contributed by atoms with Gasteiger partial charge in [0.25, 0.3) is 0 Å². The minimum atomic E-state index is 0.858. The summed E-state index contributed by atoms with van der Waals surface area (Å²) in [6, 6.07) is 8.34. The molecule has 0 aliphatic carbocycles. The Morgan fingerprint density at radius 1 is 1.17 bits per heavy atom. The summed E-state index contributed by atoms with van der Waals surface area (Å²) in [5.41, 5.74) is 2.44. The van der Waals surface area contributed by atoms with Crippen molar-refractivity contribution in [3.63, 3.8) is 0 Å². The van der Waals surface area contributed by atoms with Crippen molar-refractivity contribution in [2.24, 2.45) is 0 Å². The van der Waals surface area contributed by atoms with Gasteiger partial charge in [-0.1, -0.05) is 30.5 Å². The highest BCUT2D eigenvalue weighted by Gasteiger charge is 1.88. The number of hydrogen-bond donors (Lipinski definition) is 3. The first-order valence-electron chi connectivity index (χ1n) is 4.00. The van der Waals surface area contributed by atoms with Crippen LogP contribution in [0.2, 0.25) is 0 Å². The van der Waals surface area contributed by atoms with Crippen LogP contribution in [0.3, 0.4) is 0 Å². The second-order valence-corrected chi connectivity index (χ2v) is 3.02. The molecule has 0 heterocycles. The zero-order valence-electron chi connectivity index (χ0n) is 7.17. The fourth-order valence-corrected chi connectivity index (χ4v) is 1.05. The summed E-state index contributed by atoms with van der Waals surface area (Å²) >= 11 is 3.89. The molecule has 12 heavy (non-hydrogen) atoms. The Kier molecular flexibility index (Phi) is 3.97. The van der Waals surface area contributed by atoms with Crippen LogP contribution in [0.15, 0.2) is 24.3 Å². The molecule has 0 unspecified atom stereocenters. The molecule has 66 valence electrons. The maximum atomic E-state index is 3.89. The van der Waals surface area contributed by atoms with Gasteiger partial charge in [-0.2, -0.15) is 0 Å². The fraction of sp³-hybridized carbons (Fsp3) is 0.333.